The summed E-state index contributed by atoms with van der Waals surface area (Å²) in [6.45, 7) is 0. The molecule has 0 saturated carbocycles. The van der Waals surface area contributed by atoms with Gasteiger partial charge in [0.1, 0.15) is 0 Å². The molecule has 0 atom stereocenters. The van der Waals surface area contributed by atoms with Crippen LogP contribution >= 0.6 is 22.6 Å². The van der Waals surface area contributed by atoms with Gasteiger partial charge in [-0.2, -0.15) is 5.26 Å². The number of nitrogens with zero attached hydrogens (tertiary/aromatic N) is 2. The van der Waals surface area contributed by atoms with Crippen LogP contribution in [0.15, 0.2) is 42.5 Å². The van der Waals surface area contributed by atoms with Crippen molar-refractivity contribution in [1.82, 2.24) is 0 Å². The zero-order valence-corrected chi connectivity index (χ0v) is 11.8. The maximum Gasteiger partial charge on any atom is 0.282 e. The Morgan fingerprint density at radius 1 is 1.16 bits per heavy atom. The lowest BCUT2D eigenvalue weighted by Crippen LogP contribution is -1.94. The van der Waals surface area contributed by atoms with Gasteiger partial charge in [0, 0.05) is 17.4 Å². The van der Waals surface area contributed by atoms with Crippen molar-refractivity contribution >= 4 is 39.7 Å². The Balaban J connectivity index is 2.21. The Morgan fingerprint density at radius 2 is 1.79 bits per heavy atom. The lowest BCUT2D eigenvalue weighted by Gasteiger charge is -2.07. The number of hydrogen-bond acceptors (Lipinski definition) is 4. The molecule has 2 aromatic carbocycles. The summed E-state index contributed by atoms with van der Waals surface area (Å²) < 4.78 is 0.571. The van der Waals surface area contributed by atoms with E-state index in [0.29, 0.717) is 9.13 Å². The fourth-order valence-corrected chi connectivity index (χ4v) is 2.24. The largest absolute Gasteiger partial charge is 0.355 e. The Labute approximate surface area is 123 Å². The number of hydrogen-bond donors (Lipinski definition) is 1. The monoisotopic (exact) mass is 365 g/mol. The van der Waals surface area contributed by atoms with Gasteiger partial charge in [-0.05, 0) is 59.0 Å². The molecule has 0 aromatic heterocycles. The number of nitriles is 1. The number of rotatable bonds is 3. The lowest BCUT2D eigenvalue weighted by molar-refractivity contribution is -0.385. The molecule has 94 valence electrons. The lowest BCUT2D eigenvalue weighted by atomic mass is 10.2. The van der Waals surface area contributed by atoms with Crippen molar-refractivity contribution in [2.45, 2.75) is 0 Å². The Kier molecular flexibility index (Phi) is 3.97. The van der Waals surface area contributed by atoms with Crippen LogP contribution in [0, 0.1) is 25.0 Å². The van der Waals surface area contributed by atoms with E-state index in [4.69, 9.17) is 5.26 Å². The quantitative estimate of drug-likeness (QED) is 0.510. The molecule has 0 heterocycles. The average molecular weight is 365 g/mol. The molecule has 0 radical (unpaired) electrons. The first kappa shape index (κ1) is 13.3. The van der Waals surface area contributed by atoms with Gasteiger partial charge in [0.2, 0.25) is 0 Å². The molecule has 0 saturated heterocycles. The SMILES string of the molecule is N#Cc1ccc(Nc2ccc([N+](=O)[O-])c(I)c2)cc1. The minimum Gasteiger partial charge on any atom is -0.355 e. The van der Waals surface area contributed by atoms with Gasteiger partial charge in [-0.25, -0.2) is 0 Å². The zero-order chi connectivity index (χ0) is 13.8. The van der Waals surface area contributed by atoms with E-state index >= 15 is 0 Å². The zero-order valence-electron chi connectivity index (χ0n) is 9.63. The fourth-order valence-electron chi connectivity index (χ4n) is 1.53. The summed E-state index contributed by atoms with van der Waals surface area (Å²) in [5.74, 6) is 0. The molecule has 2 aromatic rings. The van der Waals surface area contributed by atoms with E-state index in [9.17, 15) is 10.1 Å². The summed E-state index contributed by atoms with van der Waals surface area (Å²) in [6.07, 6.45) is 0. The fraction of sp³-hybridized carbons (Fsp3) is 0. The predicted octanol–water partition coefficient (Wildman–Crippen LogP) is 3.81. The molecule has 2 rings (SSSR count). The summed E-state index contributed by atoms with van der Waals surface area (Å²) in [6, 6.07) is 13.8. The van der Waals surface area contributed by atoms with Gasteiger partial charge in [-0.3, -0.25) is 10.1 Å². The Morgan fingerprint density at radius 3 is 2.32 bits per heavy atom. The summed E-state index contributed by atoms with van der Waals surface area (Å²) in [5.41, 5.74) is 2.26. The highest BCUT2D eigenvalue weighted by Crippen LogP contribution is 2.26. The van der Waals surface area contributed by atoms with Gasteiger partial charge < -0.3 is 5.32 Å². The van der Waals surface area contributed by atoms with Crippen LogP contribution < -0.4 is 5.32 Å². The van der Waals surface area contributed by atoms with Crippen LogP contribution in [-0.4, -0.2) is 4.92 Å². The van der Waals surface area contributed by atoms with Crippen molar-refractivity contribution in [2.75, 3.05) is 5.32 Å². The highest BCUT2D eigenvalue weighted by molar-refractivity contribution is 14.1. The first-order valence-corrected chi connectivity index (χ1v) is 6.39. The molecule has 0 amide bonds. The molecule has 1 N–H and O–H groups in total. The minimum atomic E-state index is -0.409. The topological polar surface area (TPSA) is 79.0 Å². The third-order valence-electron chi connectivity index (χ3n) is 2.45. The van der Waals surface area contributed by atoms with Crippen molar-refractivity contribution in [3.63, 3.8) is 0 Å². The summed E-state index contributed by atoms with van der Waals surface area (Å²) in [4.78, 5) is 10.3. The molecule has 0 bridgehead atoms. The number of nitrogens with one attached hydrogen (secondary N) is 1. The van der Waals surface area contributed by atoms with Crippen LogP contribution in [0.1, 0.15) is 5.56 Å². The van der Waals surface area contributed by atoms with E-state index in [1.165, 1.54) is 6.07 Å². The molecule has 19 heavy (non-hydrogen) atoms. The first-order chi connectivity index (χ1) is 9.10. The second-order valence-electron chi connectivity index (χ2n) is 3.74. The number of anilines is 2. The van der Waals surface area contributed by atoms with E-state index in [2.05, 4.69) is 5.32 Å². The molecule has 0 aliphatic carbocycles. The summed E-state index contributed by atoms with van der Waals surface area (Å²) >= 11 is 1.93. The Bertz CT molecular complexity index is 663. The number of halogens is 1. The normalized spacial score (nSPS) is 9.68. The molecule has 0 aliphatic heterocycles. The highest BCUT2D eigenvalue weighted by Gasteiger charge is 2.11. The number of nitro groups is 1. The van der Waals surface area contributed by atoms with Crippen molar-refractivity contribution < 1.29 is 4.92 Å². The third kappa shape index (κ3) is 3.20. The van der Waals surface area contributed by atoms with Crippen LogP contribution in [0.25, 0.3) is 0 Å². The van der Waals surface area contributed by atoms with Gasteiger partial charge in [-0.1, -0.05) is 0 Å². The van der Waals surface area contributed by atoms with Gasteiger partial charge in [0.15, 0.2) is 0 Å². The van der Waals surface area contributed by atoms with Crippen molar-refractivity contribution in [3.05, 3.63) is 61.7 Å². The average Bonchev–Trinajstić information content (AvgIpc) is 2.39. The second kappa shape index (κ2) is 5.67. The van der Waals surface area contributed by atoms with Gasteiger partial charge in [0.25, 0.3) is 5.69 Å². The minimum absolute atomic E-state index is 0.0889. The maximum absolute atomic E-state index is 10.7. The molecule has 6 heteroatoms. The molecule has 5 nitrogen and oxygen atoms in total. The van der Waals surface area contributed by atoms with Crippen LogP contribution in [0.3, 0.4) is 0 Å². The van der Waals surface area contributed by atoms with E-state index in [1.807, 2.05) is 28.7 Å². The van der Waals surface area contributed by atoms with Crippen molar-refractivity contribution in [2.24, 2.45) is 0 Å². The van der Waals surface area contributed by atoms with Gasteiger partial charge in [-0.15, -0.1) is 0 Å². The predicted molar refractivity (Wildman–Crippen MR) is 80.3 cm³/mol. The van der Waals surface area contributed by atoms with Gasteiger partial charge >= 0.3 is 0 Å². The molecule has 0 aliphatic rings. The highest BCUT2D eigenvalue weighted by atomic mass is 127. The molecule has 0 fully saturated rings. The molecule has 0 spiro atoms. The number of benzene rings is 2. The van der Waals surface area contributed by atoms with Crippen LogP contribution in [0.4, 0.5) is 17.1 Å². The van der Waals surface area contributed by atoms with Crippen molar-refractivity contribution in [3.8, 4) is 6.07 Å². The number of nitro benzene ring substituents is 1. The first-order valence-electron chi connectivity index (χ1n) is 5.31. The van der Waals surface area contributed by atoms with E-state index in [1.54, 1.807) is 36.4 Å². The van der Waals surface area contributed by atoms with Crippen molar-refractivity contribution in [1.29, 1.82) is 5.26 Å². The van der Waals surface area contributed by atoms with E-state index < -0.39 is 4.92 Å². The second-order valence-corrected chi connectivity index (χ2v) is 4.90. The van der Waals surface area contributed by atoms with Crippen LogP contribution in [0.5, 0.6) is 0 Å². The molecular formula is C13H8IN3O2. The standard InChI is InChI=1S/C13H8IN3O2/c14-12-7-11(5-6-13(12)17(18)19)16-10-3-1-9(8-15)2-4-10/h1-7,16H. The summed E-state index contributed by atoms with van der Waals surface area (Å²) in [7, 11) is 0. The van der Waals surface area contributed by atoms with E-state index in [-0.39, 0.29) is 5.69 Å². The van der Waals surface area contributed by atoms with E-state index in [0.717, 1.165) is 11.4 Å². The Hall–Kier alpha value is -2.14. The molecular weight excluding hydrogens is 357 g/mol. The van der Waals surface area contributed by atoms with Crippen LogP contribution in [-0.2, 0) is 0 Å². The van der Waals surface area contributed by atoms with Crippen LogP contribution in [0.2, 0.25) is 0 Å². The smallest absolute Gasteiger partial charge is 0.282 e. The van der Waals surface area contributed by atoms with Gasteiger partial charge in [0.05, 0.1) is 20.1 Å². The molecule has 0 unspecified atom stereocenters. The maximum atomic E-state index is 10.7. The third-order valence-corrected chi connectivity index (χ3v) is 3.31. The summed E-state index contributed by atoms with van der Waals surface area (Å²) in [5, 5.41) is 22.5.